The Hall–Kier alpha value is -3.19. The first-order valence-corrected chi connectivity index (χ1v) is 9.65. The Kier molecular flexibility index (Phi) is 6.39. The van der Waals surface area contributed by atoms with Crippen molar-refractivity contribution in [2.24, 2.45) is 0 Å². The van der Waals surface area contributed by atoms with Gasteiger partial charge in [0.15, 0.2) is 0 Å². The van der Waals surface area contributed by atoms with E-state index in [-0.39, 0.29) is 5.91 Å². The highest BCUT2D eigenvalue weighted by Gasteiger charge is 2.13. The van der Waals surface area contributed by atoms with Crippen LogP contribution in [0, 0.1) is 6.92 Å². The monoisotopic (exact) mass is 396 g/mol. The van der Waals surface area contributed by atoms with Gasteiger partial charge < -0.3 is 14.8 Å². The van der Waals surface area contributed by atoms with Crippen molar-refractivity contribution in [3.05, 3.63) is 75.7 Å². The Bertz CT molecular complexity index is 967. The van der Waals surface area contributed by atoms with E-state index in [2.05, 4.69) is 10.3 Å². The lowest BCUT2D eigenvalue weighted by molar-refractivity contribution is 0.0526. The molecule has 3 aromatic rings. The molecular weight excluding hydrogens is 376 g/mol. The van der Waals surface area contributed by atoms with Gasteiger partial charge in [-0.15, -0.1) is 11.3 Å². The van der Waals surface area contributed by atoms with E-state index in [1.54, 1.807) is 36.6 Å². The fourth-order valence-corrected chi connectivity index (χ4v) is 3.08. The molecule has 0 saturated heterocycles. The average molecular weight is 396 g/mol. The number of esters is 1. The van der Waals surface area contributed by atoms with Crippen LogP contribution in [0.1, 0.15) is 38.3 Å². The minimum atomic E-state index is -0.428. The van der Waals surface area contributed by atoms with Crippen LogP contribution in [-0.4, -0.2) is 23.5 Å². The van der Waals surface area contributed by atoms with Crippen LogP contribution in [-0.2, 0) is 11.3 Å². The van der Waals surface area contributed by atoms with Crippen molar-refractivity contribution in [3.8, 4) is 5.75 Å². The first-order valence-electron chi connectivity index (χ1n) is 8.77. The molecule has 1 amide bonds. The third-order valence-electron chi connectivity index (χ3n) is 3.80. The molecule has 0 atom stereocenters. The number of carbonyl (C=O) groups is 2. The Morgan fingerprint density at radius 3 is 2.68 bits per heavy atom. The molecule has 0 fully saturated rings. The Morgan fingerprint density at radius 1 is 1.14 bits per heavy atom. The summed E-state index contributed by atoms with van der Waals surface area (Å²) >= 11 is 1.35. The molecule has 0 spiro atoms. The maximum atomic E-state index is 12.4. The van der Waals surface area contributed by atoms with Gasteiger partial charge in [-0.05, 0) is 44.2 Å². The number of nitrogens with one attached hydrogen (secondary N) is 1. The molecule has 6 nitrogen and oxygen atoms in total. The third-order valence-corrected chi connectivity index (χ3v) is 4.62. The number of hydrogen-bond acceptors (Lipinski definition) is 6. The molecule has 144 valence electrons. The maximum Gasteiger partial charge on any atom is 0.338 e. The van der Waals surface area contributed by atoms with E-state index in [0.29, 0.717) is 35.2 Å². The van der Waals surface area contributed by atoms with Crippen LogP contribution in [0.4, 0.5) is 5.69 Å². The van der Waals surface area contributed by atoms with E-state index in [1.165, 1.54) is 11.3 Å². The van der Waals surface area contributed by atoms with Crippen molar-refractivity contribution in [2.75, 3.05) is 11.9 Å². The highest BCUT2D eigenvalue weighted by Crippen LogP contribution is 2.18. The second-order valence-electron chi connectivity index (χ2n) is 5.98. The summed E-state index contributed by atoms with van der Waals surface area (Å²) in [7, 11) is 0. The van der Waals surface area contributed by atoms with Gasteiger partial charge in [0, 0.05) is 11.1 Å². The van der Waals surface area contributed by atoms with Crippen molar-refractivity contribution in [3.63, 3.8) is 0 Å². The van der Waals surface area contributed by atoms with Crippen molar-refractivity contribution in [2.45, 2.75) is 20.5 Å². The molecule has 7 heteroatoms. The summed E-state index contributed by atoms with van der Waals surface area (Å²) in [5, 5.41) is 5.12. The highest BCUT2D eigenvalue weighted by atomic mass is 32.1. The minimum absolute atomic E-state index is 0.291. The summed E-state index contributed by atoms with van der Waals surface area (Å²) in [6.45, 7) is 4.34. The van der Waals surface area contributed by atoms with E-state index in [9.17, 15) is 9.59 Å². The van der Waals surface area contributed by atoms with Gasteiger partial charge in [-0.3, -0.25) is 4.79 Å². The van der Waals surface area contributed by atoms with E-state index in [1.807, 2.05) is 31.2 Å². The van der Waals surface area contributed by atoms with Crippen molar-refractivity contribution in [1.82, 2.24) is 4.98 Å². The summed E-state index contributed by atoms with van der Waals surface area (Å²) in [5.41, 5.74) is 2.34. The van der Waals surface area contributed by atoms with Crippen LogP contribution >= 0.6 is 11.3 Å². The number of nitrogens with zero attached hydrogens (tertiary/aromatic N) is 1. The molecule has 0 aliphatic rings. The van der Waals surface area contributed by atoms with Crippen molar-refractivity contribution < 1.29 is 19.1 Å². The zero-order valence-corrected chi connectivity index (χ0v) is 16.4. The minimum Gasteiger partial charge on any atom is -0.486 e. The molecule has 0 aliphatic heterocycles. The zero-order chi connectivity index (χ0) is 19.9. The highest BCUT2D eigenvalue weighted by molar-refractivity contribution is 7.09. The van der Waals surface area contributed by atoms with Gasteiger partial charge in [-0.2, -0.15) is 0 Å². The predicted molar refractivity (Wildman–Crippen MR) is 108 cm³/mol. The third kappa shape index (κ3) is 5.17. The molecule has 1 N–H and O–H groups in total. The van der Waals surface area contributed by atoms with E-state index < -0.39 is 5.97 Å². The van der Waals surface area contributed by atoms with Gasteiger partial charge >= 0.3 is 5.97 Å². The lowest BCUT2D eigenvalue weighted by atomic mass is 10.2. The number of benzene rings is 2. The van der Waals surface area contributed by atoms with Crippen molar-refractivity contribution in [1.29, 1.82) is 0 Å². The smallest absolute Gasteiger partial charge is 0.338 e. The summed E-state index contributed by atoms with van der Waals surface area (Å²) in [5.74, 6) is -0.0239. The SMILES string of the molecule is CCOC(=O)c1cccc(NC(=O)c2csc(COc3ccc(C)cc3)n2)c1. The number of anilines is 1. The van der Waals surface area contributed by atoms with Crippen LogP contribution in [0.2, 0.25) is 0 Å². The summed E-state index contributed by atoms with van der Waals surface area (Å²) in [4.78, 5) is 28.5. The Balaban J connectivity index is 1.60. The van der Waals surface area contributed by atoms with Crippen LogP contribution in [0.15, 0.2) is 53.9 Å². The summed E-state index contributed by atoms with van der Waals surface area (Å²) in [6.07, 6.45) is 0. The van der Waals surface area contributed by atoms with Gasteiger partial charge in [0.25, 0.3) is 5.91 Å². The van der Waals surface area contributed by atoms with Gasteiger partial charge in [0.05, 0.1) is 12.2 Å². The molecule has 0 saturated carbocycles. The van der Waals surface area contributed by atoms with Crippen LogP contribution in [0.25, 0.3) is 0 Å². The van der Waals surface area contributed by atoms with Crippen molar-refractivity contribution >= 4 is 28.9 Å². The van der Waals surface area contributed by atoms with E-state index >= 15 is 0 Å². The summed E-state index contributed by atoms with van der Waals surface area (Å²) < 4.78 is 10.7. The maximum absolute atomic E-state index is 12.4. The normalized spacial score (nSPS) is 10.4. The van der Waals surface area contributed by atoms with Crippen LogP contribution in [0.3, 0.4) is 0 Å². The molecule has 1 heterocycles. The molecular formula is C21H20N2O4S. The number of carbonyl (C=O) groups excluding carboxylic acids is 2. The molecule has 0 unspecified atom stereocenters. The molecule has 3 rings (SSSR count). The van der Waals surface area contributed by atoms with E-state index in [4.69, 9.17) is 9.47 Å². The largest absolute Gasteiger partial charge is 0.486 e. The number of aryl methyl sites for hydroxylation is 1. The lowest BCUT2D eigenvalue weighted by Crippen LogP contribution is -2.13. The van der Waals surface area contributed by atoms with Gasteiger partial charge in [0.1, 0.15) is 23.1 Å². The Labute approximate surface area is 167 Å². The number of hydrogen-bond donors (Lipinski definition) is 1. The fourth-order valence-electron chi connectivity index (χ4n) is 2.39. The first kappa shape index (κ1) is 19.6. The molecule has 28 heavy (non-hydrogen) atoms. The number of ether oxygens (including phenoxy) is 2. The topological polar surface area (TPSA) is 77.5 Å². The first-order chi connectivity index (χ1) is 13.5. The second kappa shape index (κ2) is 9.14. The molecule has 0 aliphatic carbocycles. The Morgan fingerprint density at radius 2 is 1.93 bits per heavy atom. The van der Waals surface area contributed by atoms with Crippen LogP contribution < -0.4 is 10.1 Å². The van der Waals surface area contributed by atoms with Gasteiger partial charge in [-0.25, -0.2) is 9.78 Å². The number of amides is 1. The lowest BCUT2D eigenvalue weighted by Gasteiger charge is -2.06. The van der Waals surface area contributed by atoms with Crippen LogP contribution in [0.5, 0.6) is 5.75 Å². The number of rotatable bonds is 7. The number of aromatic nitrogens is 1. The molecule has 1 aromatic heterocycles. The van der Waals surface area contributed by atoms with Gasteiger partial charge in [-0.1, -0.05) is 23.8 Å². The average Bonchev–Trinajstić information content (AvgIpc) is 3.17. The molecule has 0 radical (unpaired) electrons. The second-order valence-corrected chi connectivity index (χ2v) is 6.93. The molecule has 2 aromatic carbocycles. The zero-order valence-electron chi connectivity index (χ0n) is 15.6. The summed E-state index contributed by atoms with van der Waals surface area (Å²) in [6, 6.07) is 14.3. The van der Waals surface area contributed by atoms with Gasteiger partial charge in [0.2, 0.25) is 0 Å². The number of thiazole rings is 1. The molecule has 0 bridgehead atoms. The predicted octanol–water partition coefficient (Wildman–Crippen LogP) is 4.46. The standard InChI is InChI=1S/C21H20N2O4S/c1-3-26-21(25)15-5-4-6-16(11-15)22-20(24)18-13-28-19(23-18)12-27-17-9-7-14(2)8-10-17/h4-11,13H,3,12H2,1-2H3,(H,22,24). The fraction of sp³-hybridized carbons (Fsp3) is 0.190. The quantitative estimate of drug-likeness (QED) is 0.597. The van der Waals surface area contributed by atoms with E-state index in [0.717, 1.165) is 11.3 Å².